The molecule has 0 saturated heterocycles. The van der Waals surface area contributed by atoms with E-state index < -0.39 is 4.33 Å². The Balaban J connectivity index is 2.21. The Kier molecular flexibility index (Phi) is 1.85. The minimum atomic E-state index is -0.491. The molecule has 0 spiro atoms. The first-order valence-electron chi connectivity index (χ1n) is 4.04. The van der Waals surface area contributed by atoms with Gasteiger partial charge >= 0.3 is 0 Å². The molecule has 1 aliphatic carbocycles. The lowest BCUT2D eigenvalue weighted by atomic mass is 10.1. The smallest absolute Gasteiger partial charge is 0.101 e. The van der Waals surface area contributed by atoms with Crippen molar-refractivity contribution >= 4 is 23.2 Å². The van der Waals surface area contributed by atoms with Gasteiger partial charge in [0.1, 0.15) is 4.33 Å². The number of hydrogen-bond donors (Lipinski definition) is 0. The van der Waals surface area contributed by atoms with Crippen LogP contribution in [0.1, 0.15) is 23.5 Å². The Hall–Kier alpha value is -0.200. The molecule has 0 heterocycles. The van der Waals surface area contributed by atoms with E-state index in [1.165, 1.54) is 11.1 Å². The largest absolute Gasteiger partial charge is 0.125 e. The van der Waals surface area contributed by atoms with E-state index >= 15 is 0 Å². The van der Waals surface area contributed by atoms with Crippen molar-refractivity contribution in [3.63, 3.8) is 0 Å². The van der Waals surface area contributed by atoms with Crippen LogP contribution in [0.4, 0.5) is 0 Å². The number of aryl methyl sites for hydroxylation is 1. The van der Waals surface area contributed by atoms with E-state index in [2.05, 4.69) is 31.2 Å². The van der Waals surface area contributed by atoms with Crippen LogP contribution < -0.4 is 0 Å². The number of halogens is 2. The maximum atomic E-state index is 5.95. The Labute approximate surface area is 82.5 Å². The molecule has 1 fully saturated rings. The maximum Gasteiger partial charge on any atom is 0.125 e. The van der Waals surface area contributed by atoms with Gasteiger partial charge in [-0.05, 0) is 18.9 Å². The molecule has 0 bridgehead atoms. The summed E-state index contributed by atoms with van der Waals surface area (Å²) in [5.74, 6) is 0.349. The van der Waals surface area contributed by atoms with Crippen molar-refractivity contribution in [2.45, 2.75) is 23.6 Å². The van der Waals surface area contributed by atoms with Gasteiger partial charge in [-0.3, -0.25) is 0 Å². The van der Waals surface area contributed by atoms with E-state index in [1.54, 1.807) is 0 Å². The molecule has 1 saturated carbocycles. The van der Waals surface area contributed by atoms with Crippen LogP contribution in [-0.2, 0) is 0 Å². The van der Waals surface area contributed by atoms with E-state index in [0.717, 1.165) is 6.42 Å². The molecule has 64 valence electrons. The highest BCUT2D eigenvalue weighted by molar-refractivity contribution is 6.51. The molecule has 0 aliphatic heterocycles. The highest BCUT2D eigenvalue weighted by atomic mass is 35.5. The lowest BCUT2D eigenvalue weighted by Crippen LogP contribution is -1.89. The van der Waals surface area contributed by atoms with Gasteiger partial charge in [0.15, 0.2) is 0 Å². The molecule has 1 unspecified atom stereocenters. The summed E-state index contributed by atoms with van der Waals surface area (Å²) in [5, 5.41) is 0. The number of rotatable bonds is 1. The van der Waals surface area contributed by atoms with Crippen LogP contribution in [0.15, 0.2) is 24.3 Å². The van der Waals surface area contributed by atoms with Crippen LogP contribution >= 0.6 is 23.2 Å². The SMILES string of the molecule is Cc1ccc(C2CC2(Cl)Cl)cc1. The van der Waals surface area contributed by atoms with Gasteiger partial charge in [0, 0.05) is 5.92 Å². The fourth-order valence-corrected chi connectivity index (χ4v) is 1.93. The quantitative estimate of drug-likeness (QED) is 0.608. The average molecular weight is 201 g/mol. The number of hydrogen-bond acceptors (Lipinski definition) is 0. The first-order valence-corrected chi connectivity index (χ1v) is 4.79. The Bertz CT molecular complexity index is 287. The molecule has 0 nitrogen and oxygen atoms in total. The van der Waals surface area contributed by atoms with Gasteiger partial charge in [0.25, 0.3) is 0 Å². The van der Waals surface area contributed by atoms with Crippen LogP contribution in [0.2, 0.25) is 0 Å². The lowest BCUT2D eigenvalue weighted by molar-refractivity contribution is 1.10. The molecular formula is C10H10Cl2. The third-order valence-corrected chi connectivity index (χ3v) is 3.14. The van der Waals surface area contributed by atoms with Crippen molar-refractivity contribution < 1.29 is 0 Å². The second-order valence-corrected chi connectivity index (χ2v) is 4.97. The van der Waals surface area contributed by atoms with E-state index in [4.69, 9.17) is 23.2 Å². The fourth-order valence-electron chi connectivity index (χ4n) is 1.37. The first-order chi connectivity index (χ1) is 5.59. The van der Waals surface area contributed by atoms with Gasteiger partial charge in [0.05, 0.1) is 0 Å². The molecular weight excluding hydrogens is 191 g/mol. The second-order valence-electron chi connectivity index (χ2n) is 3.43. The van der Waals surface area contributed by atoms with Crippen molar-refractivity contribution in [3.8, 4) is 0 Å². The lowest BCUT2D eigenvalue weighted by Gasteiger charge is -2.00. The van der Waals surface area contributed by atoms with Crippen LogP contribution in [0.5, 0.6) is 0 Å². The Morgan fingerprint density at radius 2 is 1.75 bits per heavy atom. The van der Waals surface area contributed by atoms with Crippen LogP contribution in [0.25, 0.3) is 0 Å². The molecule has 1 atom stereocenters. The summed E-state index contributed by atoms with van der Waals surface area (Å²) >= 11 is 11.9. The molecule has 0 aromatic heterocycles. The summed E-state index contributed by atoms with van der Waals surface area (Å²) < 4.78 is -0.491. The van der Waals surface area contributed by atoms with Gasteiger partial charge < -0.3 is 0 Å². The van der Waals surface area contributed by atoms with E-state index in [0.29, 0.717) is 5.92 Å². The summed E-state index contributed by atoms with van der Waals surface area (Å²) in [5.41, 5.74) is 2.53. The van der Waals surface area contributed by atoms with E-state index in [1.807, 2.05) is 0 Å². The molecule has 0 radical (unpaired) electrons. The predicted octanol–water partition coefficient (Wildman–Crippen LogP) is 3.66. The highest BCUT2D eigenvalue weighted by Crippen LogP contribution is 2.59. The third-order valence-electron chi connectivity index (χ3n) is 2.31. The third kappa shape index (κ3) is 1.46. The summed E-state index contributed by atoms with van der Waals surface area (Å²) in [7, 11) is 0. The van der Waals surface area contributed by atoms with Crippen LogP contribution in [0.3, 0.4) is 0 Å². The summed E-state index contributed by atoms with van der Waals surface area (Å²) in [4.78, 5) is 0. The minimum absolute atomic E-state index is 0.349. The second kappa shape index (κ2) is 2.65. The van der Waals surface area contributed by atoms with Crippen molar-refractivity contribution in [1.82, 2.24) is 0 Å². The Morgan fingerprint density at radius 1 is 1.25 bits per heavy atom. The highest BCUT2D eigenvalue weighted by Gasteiger charge is 2.52. The van der Waals surface area contributed by atoms with Crippen molar-refractivity contribution in [1.29, 1.82) is 0 Å². The van der Waals surface area contributed by atoms with Crippen LogP contribution in [0, 0.1) is 6.92 Å². The summed E-state index contributed by atoms with van der Waals surface area (Å²) in [6, 6.07) is 8.40. The Morgan fingerprint density at radius 3 is 2.17 bits per heavy atom. The fraction of sp³-hybridized carbons (Fsp3) is 0.400. The maximum absolute atomic E-state index is 5.95. The average Bonchev–Trinajstić information content (AvgIpc) is 2.61. The van der Waals surface area contributed by atoms with E-state index in [9.17, 15) is 0 Å². The van der Waals surface area contributed by atoms with Crippen molar-refractivity contribution in [2.24, 2.45) is 0 Å². The molecule has 12 heavy (non-hydrogen) atoms. The molecule has 0 amide bonds. The van der Waals surface area contributed by atoms with Gasteiger partial charge in [-0.15, -0.1) is 23.2 Å². The predicted molar refractivity (Wildman–Crippen MR) is 53.0 cm³/mol. The summed E-state index contributed by atoms with van der Waals surface area (Å²) in [6.07, 6.45) is 0.888. The zero-order valence-electron chi connectivity index (χ0n) is 6.85. The summed E-state index contributed by atoms with van der Waals surface area (Å²) in [6.45, 7) is 2.07. The zero-order chi connectivity index (χ0) is 8.77. The molecule has 2 rings (SSSR count). The van der Waals surface area contributed by atoms with Gasteiger partial charge in [-0.25, -0.2) is 0 Å². The van der Waals surface area contributed by atoms with Gasteiger partial charge in [-0.2, -0.15) is 0 Å². The molecule has 0 N–H and O–H groups in total. The monoisotopic (exact) mass is 200 g/mol. The van der Waals surface area contributed by atoms with Gasteiger partial charge in [0.2, 0.25) is 0 Å². The standard InChI is InChI=1S/C10H10Cl2/c1-7-2-4-8(5-3-7)9-6-10(9,11)12/h2-5,9H,6H2,1H3. The van der Waals surface area contributed by atoms with E-state index in [-0.39, 0.29) is 0 Å². The normalized spacial score (nSPS) is 25.4. The molecule has 2 heteroatoms. The topological polar surface area (TPSA) is 0 Å². The molecule has 1 aromatic carbocycles. The number of alkyl halides is 2. The van der Waals surface area contributed by atoms with Crippen molar-refractivity contribution in [2.75, 3.05) is 0 Å². The number of benzene rings is 1. The van der Waals surface area contributed by atoms with Gasteiger partial charge in [-0.1, -0.05) is 29.8 Å². The zero-order valence-corrected chi connectivity index (χ0v) is 8.36. The molecule has 1 aromatic rings. The van der Waals surface area contributed by atoms with Crippen LogP contribution in [-0.4, -0.2) is 4.33 Å². The first kappa shape index (κ1) is 8.40. The van der Waals surface area contributed by atoms with Crippen molar-refractivity contribution in [3.05, 3.63) is 35.4 Å². The molecule has 1 aliphatic rings. The minimum Gasteiger partial charge on any atom is -0.101 e.